The summed E-state index contributed by atoms with van der Waals surface area (Å²) in [6.07, 6.45) is 0. The predicted molar refractivity (Wildman–Crippen MR) is 80.9 cm³/mol. The second kappa shape index (κ2) is 5.37. The van der Waals surface area contributed by atoms with Crippen molar-refractivity contribution in [2.75, 3.05) is 24.7 Å². The Labute approximate surface area is 119 Å². The first-order valence-corrected chi connectivity index (χ1v) is 6.90. The van der Waals surface area contributed by atoms with Crippen molar-refractivity contribution >= 4 is 11.6 Å². The summed E-state index contributed by atoms with van der Waals surface area (Å²) in [5.74, 6) is 0.111. The molecule has 1 saturated heterocycles. The highest BCUT2D eigenvalue weighted by atomic mass is 16.2. The van der Waals surface area contributed by atoms with Gasteiger partial charge in [-0.1, -0.05) is 35.9 Å². The maximum atomic E-state index is 12.4. The van der Waals surface area contributed by atoms with Gasteiger partial charge in [-0.25, -0.2) is 0 Å². The Kier molecular flexibility index (Phi) is 3.42. The van der Waals surface area contributed by atoms with Gasteiger partial charge in [-0.3, -0.25) is 4.79 Å². The second-order valence-electron chi connectivity index (χ2n) is 5.18. The van der Waals surface area contributed by atoms with Gasteiger partial charge in [-0.2, -0.15) is 0 Å². The number of hydrogen-bond donors (Lipinski definition) is 0. The lowest BCUT2D eigenvalue weighted by molar-refractivity contribution is 0.0794. The van der Waals surface area contributed by atoms with Gasteiger partial charge in [0.1, 0.15) is 0 Å². The molecule has 0 spiro atoms. The summed E-state index contributed by atoms with van der Waals surface area (Å²) in [5, 5.41) is 0. The molecule has 1 heterocycles. The number of carbonyl (C=O) groups excluding carboxylic acids is 1. The predicted octanol–water partition coefficient (Wildman–Crippen LogP) is 2.91. The van der Waals surface area contributed by atoms with Gasteiger partial charge in [-0.15, -0.1) is 0 Å². The van der Waals surface area contributed by atoms with E-state index >= 15 is 0 Å². The van der Waals surface area contributed by atoms with E-state index in [4.69, 9.17) is 0 Å². The minimum Gasteiger partial charge on any atom is -0.352 e. The van der Waals surface area contributed by atoms with Crippen molar-refractivity contribution < 1.29 is 4.79 Å². The number of hydrogen-bond acceptors (Lipinski definition) is 2. The lowest BCUT2D eigenvalue weighted by atomic mass is 10.2. The quantitative estimate of drug-likeness (QED) is 0.834. The molecule has 3 rings (SSSR count). The number of rotatable bonds is 2. The molecule has 1 fully saturated rings. The molecule has 0 atom stereocenters. The van der Waals surface area contributed by atoms with Gasteiger partial charge in [-0.05, 0) is 31.2 Å². The lowest BCUT2D eigenvalue weighted by Crippen LogP contribution is -2.31. The molecule has 0 saturated carbocycles. The van der Waals surface area contributed by atoms with Crippen LogP contribution in [0, 0.1) is 6.92 Å². The Morgan fingerprint density at radius 1 is 0.950 bits per heavy atom. The van der Waals surface area contributed by atoms with E-state index in [1.807, 2.05) is 35.2 Å². The van der Waals surface area contributed by atoms with E-state index in [9.17, 15) is 4.79 Å². The van der Waals surface area contributed by atoms with Crippen molar-refractivity contribution in [1.82, 2.24) is 4.90 Å². The van der Waals surface area contributed by atoms with Gasteiger partial charge in [0, 0.05) is 24.3 Å². The van der Waals surface area contributed by atoms with E-state index in [2.05, 4.69) is 36.1 Å². The fraction of sp³-hybridized carbons (Fsp3) is 0.235. The van der Waals surface area contributed by atoms with Crippen LogP contribution >= 0.6 is 0 Å². The molecular formula is C17H18N2O. The Balaban J connectivity index is 1.71. The average molecular weight is 266 g/mol. The Bertz CT molecular complexity index is 592. The van der Waals surface area contributed by atoms with E-state index < -0.39 is 0 Å². The first-order chi connectivity index (χ1) is 9.74. The highest BCUT2D eigenvalue weighted by Crippen LogP contribution is 2.20. The molecule has 3 heteroatoms. The molecule has 0 bridgehead atoms. The van der Waals surface area contributed by atoms with Crippen molar-refractivity contribution in [2.24, 2.45) is 0 Å². The fourth-order valence-corrected chi connectivity index (χ4v) is 2.48. The van der Waals surface area contributed by atoms with Gasteiger partial charge in [0.25, 0.3) is 5.91 Å². The molecule has 2 aromatic rings. The molecule has 0 radical (unpaired) electrons. The van der Waals surface area contributed by atoms with Crippen LogP contribution in [-0.4, -0.2) is 30.6 Å². The largest absolute Gasteiger partial charge is 0.352 e. The van der Waals surface area contributed by atoms with Gasteiger partial charge < -0.3 is 9.80 Å². The lowest BCUT2D eigenvalue weighted by Gasteiger charge is -2.20. The van der Waals surface area contributed by atoms with Crippen molar-refractivity contribution in [2.45, 2.75) is 6.92 Å². The number of amides is 1. The molecule has 3 nitrogen and oxygen atoms in total. The van der Waals surface area contributed by atoms with Crippen molar-refractivity contribution in [3.8, 4) is 0 Å². The molecule has 2 aromatic carbocycles. The summed E-state index contributed by atoms with van der Waals surface area (Å²) < 4.78 is 0. The third kappa shape index (κ3) is 2.52. The number of aryl methyl sites for hydroxylation is 1. The number of nitrogens with zero attached hydrogens (tertiary/aromatic N) is 2. The van der Waals surface area contributed by atoms with Crippen LogP contribution in [0.25, 0.3) is 0 Å². The summed E-state index contributed by atoms with van der Waals surface area (Å²) in [6.45, 7) is 4.42. The van der Waals surface area contributed by atoms with Crippen LogP contribution < -0.4 is 4.90 Å². The van der Waals surface area contributed by atoms with Crippen LogP contribution in [0.5, 0.6) is 0 Å². The number of anilines is 1. The maximum absolute atomic E-state index is 12.4. The molecule has 0 unspecified atom stereocenters. The molecule has 1 aliphatic heterocycles. The molecule has 102 valence electrons. The molecule has 1 amide bonds. The van der Waals surface area contributed by atoms with E-state index in [-0.39, 0.29) is 5.91 Å². The summed E-state index contributed by atoms with van der Waals surface area (Å²) in [4.78, 5) is 16.5. The SMILES string of the molecule is Cc1ccc(N2CCN(C(=O)c3ccccc3)C2)cc1. The first-order valence-electron chi connectivity index (χ1n) is 6.90. The molecule has 0 aromatic heterocycles. The zero-order chi connectivity index (χ0) is 13.9. The van der Waals surface area contributed by atoms with Crippen LogP contribution in [-0.2, 0) is 0 Å². The first kappa shape index (κ1) is 12.7. The smallest absolute Gasteiger partial charge is 0.255 e. The highest BCUT2D eigenvalue weighted by molar-refractivity contribution is 5.94. The van der Waals surface area contributed by atoms with Crippen molar-refractivity contribution in [3.63, 3.8) is 0 Å². The van der Waals surface area contributed by atoms with Crippen LogP contribution in [0.1, 0.15) is 15.9 Å². The third-order valence-electron chi connectivity index (χ3n) is 3.69. The Hall–Kier alpha value is -2.29. The minimum atomic E-state index is 0.111. The average Bonchev–Trinajstić information content (AvgIpc) is 2.98. The maximum Gasteiger partial charge on any atom is 0.255 e. The van der Waals surface area contributed by atoms with Crippen molar-refractivity contribution in [3.05, 3.63) is 65.7 Å². The standard InChI is InChI=1S/C17H18N2O/c1-14-7-9-16(10-8-14)18-11-12-19(13-18)17(20)15-5-3-2-4-6-15/h2-10H,11-13H2,1H3. The van der Waals surface area contributed by atoms with Crippen LogP contribution in [0.2, 0.25) is 0 Å². The summed E-state index contributed by atoms with van der Waals surface area (Å²) in [6, 6.07) is 17.9. The normalized spacial score (nSPS) is 14.7. The highest BCUT2D eigenvalue weighted by Gasteiger charge is 2.24. The van der Waals surface area contributed by atoms with E-state index in [1.165, 1.54) is 11.3 Å². The van der Waals surface area contributed by atoms with E-state index in [0.29, 0.717) is 6.67 Å². The van der Waals surface area contributed by atoms with Crippen LogP contribution in [0.15, 0.2) is 54.6 Å². The molecule has 0 aliphatic carbocycles. The third-order valence-corrected chi connectivity index (χ3v) is 3.69. The Morgan fingerprint density at radius 3 is 2.35 bits per heavy atom. The Morgan fingerprint density at radius 2 is 1.65 bits per heavy atom. The molecule has 0 N–H and O–H groups in total. The zero-order valence-corrected chi connectivity index (χ0v) is 11.6. The molecule has 1 aliphatic rings. The van der Waals surface area contributed by atoms with Gasteiger partial charge >= 0.3 is 0 Å². The van der Waals surface area contributed by atoms with E-state index in [0.717, 1.165) is 18.7 Å². The van der Waals surface area contributed by atoms with Gasteiger partial charge in [0.05, 0.1) is 6.67 Å². The summed E-state index contributed by atoms with van der Waals surface area (Å²) in [5.41, 5.74) is 3.20. The van der Waals surface area contributed by atoms with Crippen LogP contribution in [0.3, 0.4) is 0 Å². The van der Waals surface area contributed by atoms with Crippen molar-refractivity contribution in [1.29, 1.82) is 0 Å². The monoisotopic (exact) mass is 266 g/mol. The number of carbonyl (C=O) groups is 1. The topological polar surface area (TPSA) is 23.6 Å². The second-order valence-corrected chi connectivity index (χ2v) is 5.18. The summed E-state index contributed by atoms with van der Waals surface area (Å²) in [7, 11) is 0. The minimum absolute atomic E-state index is 0.111. The molecule has 20 heavy (non-hydrogen) atoms. The van der Waals surface area contributed by atoms with Gasteiger partial charge in [0.2, 0.25) is 0 Å². The number of benzene rings is 2. The molecular weight excluding hydrogens is 248 g/mol. The van der Waals surface area contributed by atoms with Crippen LogP contribution in [0.4, 0.5) is 5.69 Å². The summed E-state index contributed by atoms with van der Waals surface area (Å²) >= 11 is 0. The van der Waals surface area contributed by atoms with Gasteiger partial charge in [0.15, 0.2) is 0 Å². The van der Waals surface area contributed by atoms with E-state index in [1.54, 1.807) is 0 Å². The zero-order valence-electron chi connectivity index (χ0n) is 11.6. The fourth-order valence-electron chi connectivity index (χ4n) is 2.48.